The summed E-state index contributed by atoms with van der Waals surface area (Å²) in [5.41, 5.74) is 3.21. The van der Waals surface area contributed by atoms with Crippen LogP contribution in [0.5, 0.6) is 0 Å². The van der Waals surface area contributed by atoms with E-state index in [1.54, 1.807) is 24.0 Å². The van der Waals surface area contributed by atoms with Crippen LogP contribution >= 0.6 is 0 Å². The molecule has 180 valence electrons. The summed E-state index contributed by atoms with van der Waals surface area (Å²) in [6.45, 7) is 2.97. The minimum Gasteiger partial charge on any atom is -0.339 e. The van der Waals surface area contributed by atoms with Crippen LogP contribution in [0.25, 0.3) is 0 Å². The molecule has 1 unspecified atom stereocenters. The van der Waals surface area contributed by atoms with E-state index in [4.69, 9.17) is 5.26 Å². The second kappa shape index (κ2) is 9.39. The molecule has 2 aliphatic heterocycles. The van der Waals surface area contributed by atoms with Gasteiger partial charge in [0.25, 0.3) is 5.91 Å². The zero-order valence-electron chi connectivity index (χ0n) is 18.9. The number of carbonyl (C=O) groups excluding carboxylic acids is 1. The molecule has 2 fully saturated rings. The van der Waals surface area contributed by atoms with Crippen LogP contribution in [0.15, 0.2) is 42.5 Å². The van der Waals surface area contributed by atoms with Crippen LogP contribution in [-0.4, -0.2) is 57.5 Å². The van der Waals surface area contributed by atoms with Crippen molar-refractivity contribution in [1.82, 2.24) is 4.90 Å². The fourth-order valence-corrected chi connectivity index (χ4v) is 8.67. The Bertz CT molecular complexity index is 1340. The van der Waals surface area contributed by atoms with Gasteiger partial charge in [-0.3, -0.25) is 9.52 Å². The number of nitrogens with one attached hydrogen (secondary N) is 1. The van der Waals surface area contributed by atoms with Gasteiger partial charge in [-0.25, -0.2) is 16.8 Å². The van der Waals surface area contributed by atoms with Crippen LogP contribution in [0, 0.1) is 18.3 Å². The number of sulfone groups is 1. The summed E-state index contributed by atoms with van der Waals surface area (Å²) in [5, 5.41) is 7.98. The lowest BCUT2D eigenvalue weighted by Gasteiger charge is -2.32. The molecule has 1 amide bonds. The molecular formula is C24H27N3O5S2. The van der Waals surface area contributed by atoms with Gasteiger partial charge in [0, 0.05) is 24.3 Å². The highest BCUT2D eigenvalue weighted by Crippen LogP contribution is 2.30. The summed E-state index contributed by atoms with van der Waals surface area (Å²) in [5.74, 6) is -0.345. The van der Waals surface area contributed by atoms with E-state index >= 15 is 0 Å². The number of anilines is 1. The lowest BCUT2D eigenvalue weighted by Crippen LogP contribution is -2.38. The van der Waals surface area contributed by atoms with Crippen LogP contribution in [0.4, 0.5) is 5.69 Å². The first-order chi connectivity index (χ1) is 16.1. The highest BCUT2D eigenvalue weighted by atomic mass is 32.2. The van der Waals surface area contributed by atoms with Crippen molar-refractivity contribution in [1.29, 1.82) is 5.26 Å². The summed E-state index contributed by atoms with van der Waals surface area (Å²) in [6, 6.07) is 14.5. The number of likely N-dealkylation sites (tertiary alicyclic amines) is 1. The molecule has 0 radical (unpaired) electrons. The lowest BCUT2D eigenvalue weighted by molar-refractivity contribution is 0.0712. The number of benzene rings is 2. The maximum atomic E-state index is 13.2. The molecule has 1 N–H and O–H groups in total. The number of rotatable bonds is 5. The van der Waals surface area contributed by atoms with E-state index in [0.717, 1.165) is 24.0 Å². The van der Waals surface area contributed by atoms with E-state index in [9.17, 15) is 21.6 Å². The highest BCUT2D eigenvalue weighted by molar-refractivity contribution is 7.97. The number of amides is 1. The van der Waals surface area contributed by atoms with Crippen molar-refractivity contribution in [3.63, 3.8) is 0 Å². The number of hydrogen-bond donors (Lipinski definition) is 1. The van der Waals surface area contributed by atoms with E-state index in [-0.39, 0.29) is 29.5 Å². The average molecular weight is 502 g/mol. The number of piperidine rings is 1. The Balaban J connectivity index is 1.43. The predicted molar refractivity (Wildman–Crippen MR) is 130 cm³/mol. The topological polar surface area (TPSA) is 124 Å². The number of nitriles is 1. The standard InChI is InChI=1S/C24H27N3O5S2/c1-17-2-7-21(26-34(31,32)22-10-13-33(29,30)16-22)14-23(17)24(28)27-11-8-20(9-12-27)19-5-3-18(15-25)4-6-19/h2-7,14,20,22,26H,8-13,16H2,1H3. The predicted octanol–water partition coefficient (Wildman–Crippen LogP) is 2.82. The minimum atomic E-state index is -3.88. The normalized spacial score (nSPS) is 20.6. The Morgan fingerprint density at radius 3 is 2.35 bits per heavy atom. The van der Waals surface area contributed by atoms with Gasteiger partial charge >= 0.3 is 0 Å². The van der Waals surface area contributed by atoms with Gasteiger partial charge in [0.15, 0.2) is 9.84 Å². The summed E-state index contributed by atoms with van der Waals surface area (Å²) < 4.78 is 51.2. The number of aryl methyl sites for hydroxylation is 1. The zero-order valence-corrected chi connectivity index (χ0v) is 20.5. The van der Waals surface area contributed by atoms with E-state index in [2.05, 4.69) is 10.8 Å². The zero-order chi connectivity index (χ0) is 24.5. The number of hydrogen-bond acceptors (Lipinski definition) is 6. The van der Waals surface area contributed by atoms with Crippen molar-refractivity contribution in [3.05, 3.63) is 64.7 Å². The van der Waals surface area contributed by atoms with Crippen LogP contribution in [0.2, 0.25) is 0 Å². The van der Waals surface area contributed by atoms with E-state index < -0.39 is 25.1 Å². The first-order valence-corrected chi connectivity index (χ1v) is 14.6. The summed E-state index contributed by atoms with van der Waals surface area (Å²) in [4.78, 5) is 15.0. The molecule has 2 aromatic rings. The molecule has 1 atom stereocenters. The molecular weight excluding hydrogens is 474 g/mol. The fourth-order valence-electron chi connectivity index (χ4n) is 4.59. The third-order valence-corrected chi connectivity index (χ3v) is 10.4. The van der Waals surface area contributed by atoms with Crippen molar-refractivity contribution < 1.29 is 21.6 Å². The van der Waals surface area contributed by atoms with Crippen molar-refractivity contribution in [2.24, 2.45) is 0 Å². The first-order valence-electron chi connectivity index (χ1n) is 11.2. The van der Waals surface area contributed by atoms with E-state index in [1.807, 2.05) is 24.3 Å². The Labute approximate surface area is 200 Å². The molecule has 0 aliphatic carbocycles. The monoisotopic (exact) mass is 501 g/mol. The molecule has 0 saturated carbocycles. The third-order valence-electron chi connectivity index (χ3n) is 6.65. The van der Waals surface area contributed by atoms with Crippen LogP contribution in [0.1, 0.15) is 52.2 Å². The average Bonchev–Trinajstić information content (AvgIpc) is 3.20. The van der Waals surface area contributed by atoms with Gasteiger partial charge < -0.3 is 4.90 Å². The lowest BCUT2D eigenvalue weighted by atomic mass is 9.88. The van der Waals surface area contributed by atoms with Gasteiger partial charge in [0.05, 0.1) is 28.4 Å². The van der Waals surface area contributed by atoms with E-state index in [0.29, 0.717) is 30.1 Å². The molecule has 2 aromatic carbocycles. The van der Waals surface area contributed by atoms with E-state index in [1.165, 1.54) is 6.07 Å². The molecule has 0 bridgehead atoms. The number of nitrogens with zero attached hydrogens (tertiary/aromatic N) is 2. The van der Waals surface area contributed by atoms with Gasteiger partial charge in [-0.05, 0) is 67.5 Å². The Morgan fingerprint density at radius 1 is 1.09 bits per heavy atom. The van der Waals surface area contributed by atoms with Crippen molar-refractivity contribution in [3.8, 4) is 6.07 Å². The molecule has 4 rings (SSSR count). The summed E-state index contributed by atoms with van der Waals surface area (Å²) in [7, 11) is -7.22. The second-order valence-electron chi connectivity index (χ2n) is 9.00. The Hall–Kier alpha value is -2.90. The van der Waals surface area contributed by atoms with Crippen LogP contribution in [-0.2, 0) is 19.9 Å². The summed E-state index contributed by atoms with van der Waals surface area (Å²) >= 11 is 0. The minimum absolute atomic E-state index is 0.0729. The van der Waals surface area contributed by atoms with Crippen LogP contribution in [0.3, 0.4) is 0 Å². The second-order valence-corrected chi connectivity index (χ2v) is 13.2. The molecule has 2 heterocycles. The van der Waals surface area contributed by atoms with Gasteiger partial charge in [0.2, 0.25) is 10.0 Å². The molecule has 0 spiro atoms. The Morgan fingerprint density at radius 2 is 1.76 bits per heavy atom. The molecule has 10 heteroatoms. The molecule has 2 aliphatic rings. The SMILES string of the molecule is Cc1ccc(NS(=O)(=O)C2CCS(=O)(=O)C2)cc1C(=O)N1CCC(c2ccc(C#N)cc2)CC1. The van der Waals surface area contributed by atoms with Crippen molar-refractivity contribution in [2.45, 2.75) is 37.4 Å². The highest BCUT2D eigenvalue weighted by Gasteiger charge is 2.37. The van der Waals surface area contributed by atoms with Gasteiger partial charge in [0.1, 0.15) is 0 Å². The maximum Gasteiger partial charge on any atom is 0.254 e. The van der Waals surface area contributed by atoms with Gasteiger partial charge in [-0.1, -0.05) is 18.2 Å². The van der Waals surface area contributed by atoms with Gasteiger partial charge in [-0.2, -0.15) is 5.26 Å². The molecule has 8 nitrogen and oxygen atoms in total. The third kappa shape index (κ3) is 5.26. The number of sulfonamides is 1. The molecule has 2 saturated heterocycles. The number of carbonyl (C=O) groups is 1. The quantitative estimate of drug-likeness (QED) is 0.672. The fraction of sp³-hybridized carbons (Fsp3) is 0.417. The summed E-state index contributed by atoms with van der Waals surface area (Å²) in [6.07, 6.45) is 1.68. The first kappa shape index (κ1) is 24.2. The molecule has 0 aromatic heterocycles. The van der Waals surface area contributed by atoms with Crippen LogP contribution < -0.4 is 4.72 Å². The Kier molecular flexibility index (Phi) is 6.69. The van der Waals surface area contributed by atoms with Gasteiger partial charge in [-0.15, -0.1) is 0 Å². The van der Waals surface area contributed by atoms with Crippen molar-refractivity contribution >= 4 is 31.5 Å². The van der Waals surface area contributed by atoms with Crippen molar-refractivity contribution in [2.75, 3.05) is 29.3 Å². The molecule has 34 heavy (non-hydrogen) atoms. The maximum absolute atomic E-state index is 13.2. The largest absolute Gasteiger partial charge is 0.339 e. The smallest absolute Gasteiger partial charge is 0.254 e.